The second-order valence-electron chi connectivity index (χ2n) is 6.28. The van der Waals surface area contributed by atoms with Gasteiger partial charge >= 0.3 is 0 Å². The van der Waals surface area contributed by atoms with Crippen LogP contribution >= 0.6 is 0 Å². The lowest BCUT2D eigenvalue weighted by Gasteiger charge is -2.31. The van der Waals surface area contributed by atoms with Crippen molar-refractivity contribution in [3.8, 4) is 11.8 Å². The molecule has 0 saturated heterocycles. The number of hydrogen-bond acceptors (Lipinski definition) is 1. The first-order valence-corrected chi connectivity index (χ1v) is 6.98. The highest BCUT2D eigenvalue weighted by Crippen LogP contribution is 2.38. The largest absolute Gasteiger partial charge is 0.295 e. The van der Waals surface area contributed by atoms with E-state index in [0.717, 1.165) is 11.1 Å². The van der Waals surface area contributed by atoms with Gasteiger partial charge in [0.05, 0.1) is 0 Å². The third kappa shape index (κ3) is 4.70. The number of ketones is 1. The summed E-state index contributed by atoms with van der Waals surface area (Å²) in [5.41, 5.74) is 4.41. The van der Waals surface area contributed by atoms with E-state index in [1.807, 2.05) is 39.8 Å². The number of allylic oxidation sites excluding steroid dienone is 8. The molecule has 0 amide bonds. The van der Waals surface area contributed by atoms with Gasteiger partial charge in [0.15, 0.2) is 5.78 Å². The van der Waals surface area contributed by atoms with E-state index in [2.05, 4.69) is 31.8 Å². The summed E-state index contributed by atoms with van der Waals surface area (Å²) in [6, 6.07) is 0. The fraction of sp³-hybridized carbons (Fsp3) is 0.421. The zero-order valence-corrected chi connectivity index (χ0v) is 13.4. The molecule has 0 N–H and O–H groups in total. The van der Waals surface area contributed by atoms with Crippen LogP contribution in [0.2, 0.25) is 0 Å². The molecule has 0 aromatic rings. The fourth-order valence-corrected chi connectivity index (χ4v) is 2.34. The van der Waals surface area contributed by atoms with Gasteiger partial charge in [0.2, 0.25) is 0 Å². The second-order valence-corrected chi connectivity index (χ2v) is 6.28. The topological polar surface area (TPSA) is 17.1 Å². The van der Waals surface area contributed by atoms with Gasteiger partial charge in [-0.15, -0.1) is 0 Å². The van der Waals surface area contributed by atoms with E-state index >= 15 is 0 Å². The molecule has 1 heteroatoms. The molecule has 0 aromatic heterocycles. The molecule has 1 aliphatic rings. The zero-order chi connectivity index (χ0) is 15.3. The first-order valence-electron chi connectivity index (χ1n) is 6.98. The lowest BCUT2D eigenvalue weighted by Crippen LogP contribution is -2.24. The lowest BCUT2D eigenvalue weighted by molar-refractivity contribution is -0.116. The Hall–Kier alpha value is -1.81. The molecule has 20 heavy (non-hydrogen) atoms. The van der Waals surface area contributed by atoms with Crippen molar-refractivity contribution < 1.29 is 4.79 Å². The van der Waals surface area contributed by atoms with Crippen LogP contribution in [0.4, 0.5) is 0 Å². The minimum absolute atomic E-state index is 0.0972. The van der Waals surface area contributed by atoms with Crippen LogP contribution in [0.25, 0.3) is 0 Å². The number of carbonyl (C=O) groups is 1. The van der Waals surface area contributed by atoms with Crippen LogP contribution < -0.4 is 0 Å². The van der Waals surface area contributed by atoms with Crippen molar-refractivity contribution in [1.29, 1.82) is 0 Å². The van der Waals surface area contributed by atoms with Gasteiger partial charge in [-0.3, -0.25) is 4.79 Å². The SMILES string of the molecule is CC(C)=CC#CC(C)=CC=C1C(C)=CC(=O)CC1(C)C. The zero-order valence-electron chi connectivity index (χ0n) is 13.4. The summed E-state index contributed by atoms with van der Waals surface area (Å²) in [4.78, 5) is 11.6. The molecule has 0 bridgehead atoms. The third-order valence-corrected chi connectivity index (χ3v) is 3.28. The monoisotopic (exact) mass is 268 g/mol. The Kier molecular flexibility index (Phi) is 5.34. The maximum absolute atomic E-state index is 11.6. The van der Waals surface area contributed by atoms with Crippen LogP contribution in [0, 0.1) is 17.3 Å². The molecule has 0 heterocycles. The second kappa shape index (κ2) is 6.57. The Bertz CT molecular complexity index is 577. The van der Waals surface area contributed by atoms with E-state index in [-0.39, 0.29) is 11.2 Å². The van der Waals surface area contributed by atoms with Crippen molar-refractivity contribution in [3.05, 3.63) is 46.6 Å². The number of rotatable bonds is 1. The molecule has 0 unspecified atom stereocenters. The predicted molar refractivity (Wildman–Crippen MR) is 86.2 cm³/mol. The summed E-state index contributed by atoms with van der Waals surface area (Å²) in [6.07, 6.45) is 8.38. The highest BCUT2D eigenvalue weighted by atomic mass is 16.1. The molecule has 0 aliphatic heterocycles. The first kappa shape index (κ1) is 16.2. The lowest BCUT2D eigenvalue weighted by atomic mass is 9.72. The maximum Gasteiger partial charge on any atom is 0.156 e. The third-order valence-electron chi connectivity index (χ3n) is 3.28. The van der Waals surface area contributed by atoms with Crippen molar-refractivity contribution in [3.63, 3.8) is 0 Å². The van der Waals surface area contributed by atoms with E-state index in [1.165, 1.54) is 11.1 Å². The molecular formula is C19H24O. The van der Waals surface area contributed by atoms with Crippen molar-refractivity contribution in [2.45, 2.75) is 48.0 Å². The van der Waals surface area contributed by atoms with Crippen LogP contribution in [-0.2, 0) is 4.79 Å². The van der Waals surface area contributed by atoms with Gasteiger partial charge in [-0.2, -0.15) is 0 Å². The minimum Gasteiger partial charge on any atom is -0.295 e. The van der Waals surface area contributed by atoms with Crippen LogP contribution in [0.5, 0.6) is 0 Å². The van der Waals surface area contributed by atoms with Crippen LogP contribution in [-0.4, -0.2) is 5.78 Å². The summed E-state index contributed by atoms with van der Waals surface area (Å²) in [6.45, 7) is 12.3. The Morgan fingerprint density at radius 3 is 2.50 bits per heavy atom. The molecule has 106 valence electrons. The maximum atomic E-state index is 11.6. The number of hydrogen-bond donors (Lipinski definition) is 0. The molecular weight excluding hydrogens is 244 g/mol. The highest BCUT2D eigenvalue weighted by Gasteiger charge is 2.30. The minimum atomic E-state index is -0.0972. The predicted octanol–water partition coefficient (Wildman–Crippen LogP) is 4.77. The smallest absolute Gasteiger partial charge is 0.156 e. The molecule has 0 saturated carbocycles. The van der Waals surface area contributed by atoms with Crippen molar-refractivity contribution in [2.24, 2.45) is 5.41 Å². The average molecular weight is 268 g/mol. The summed E-state index contributed by atoms with van der Waals surface area (Å²) >= 11 is 0. The molecule has 0 spiro atoms. The molecule has 0 radical (unpaired) electrons. The molecule has 0 aromatic carbocycles. The van der Waals surface area contributed by atoms with Crippen LogP contribution in [0.1, 0.15) is 48.0 Å². The Labute approximate surface area is 123 Å². The van der Waals surface area contributed by atoms with Crippen LogP contribution in [0.15, 0.2) is 46.6 Å². The van der Waals surface area contributed by atoms with Gasteiger partial charge in [-0.1, -0.05) is 43.4 Å². The molecule has 0 fully saturated rings. The standard InChI is InChI=1S/C19H24O/c1-14(2)8-7-9-15(3)10-11-18-16(4)12-17(20)13-19(18,5)6/h8,10-12H,13H2,1-6H3. The van der Waals surface area contributed by atoms with Crippen molar-refractivity contribution >= 4 is 5.78 Å². The van der Waals surface area contributed by atoms with E-state index < -0.39 is 0 Å². The Morgan fingerprint density at radius 2 is 1.95 bits per heavy atom. The molecule has 1 rings (SSSR count). The Morgan fingerprint density at radius 1 is 1.30 bits per heavy atom. The van der Waals surface area contributed by atoms with E-state index in [0.29, 0.717) is 6.42 Å². The van der Waals surface area contributed by atoms with Gasteiger partial charge in [0.25, 0.3) is 0 Å². The van der Waals surface area contributed by atoms with Gasteiger partial charge in [0, 0.05) is 6.42 Å². The summed E-state index contributed by atoms with van der Waals surface area (Å²) in [5.74, 6) is 6.36. The average Bonchev–Trinajstić information content (AvgIpc) is 2.25. The highest BCUT2D eigenvalue weighted by molar-refractivity contribution is 5.93. The normalized spacial score (nSPS) is 20.1. The first-order chi connectivity index (χ1) is 9.22. The summed E-state index contributed by atoms with van der Waals surface area (Å²) in [5, 5.41) is 0. The Balaban J connectivity index is 3.03. The quantitative estimate of drug-likeness (QED) is 0.626. The summed E-state index contributed by atoms with van der Waals surface area (Å²) < 4.78 is 0. The van der Waals surface area contributed by atoms with E-state index in [1.54, 1.807) is 6.08 Å². The van der Waals surface area contributed by atoms with Gasteiger partial charge in [-0.05, 0) is 62.0 Å². The molecule has 0 atom stereocenters. The summed E-state index contributed by atoms with van der Waals surface area (Å²) in [7, 11) is 0. The van der Waals surface area contributed by atoms with Gasteiger partial charge in [0.1, 0.15) is 0 Å². The van der Waals surface area contributed by atoms with E-state index in [4.69, 9.17) is 0 Å². The molecule has 1 nitrogen and oxygen atoms in total. The van der Waals surface area contributed by atoms with Crippen molar-refractivity contribution in [2.75, 3.05) is 0 Å². The number of carbonyl (C=O) groups excluding carboxylic acids is 1. The van der Waals surface area contributed by atoms with Crippen molar-refractivity contribution in [1.82, 2.24) is 0 Å². The van der Waals surface area contributed by atoms with Crippen LogP contribution in [0.3, 0.4) is 0 Å². The van der Waals surface area contributed by atoms with Gasteiger partial charge in [-0.25, -0.2) is 0 Å². The fourth-order valence-electron chi connectivity index (χ4n) is 2.34. The van der Waals surface area contributed by atoms with E-state index in [9.17, 15) is 4.79 Å². The van der Waals surface area contributed by atoms with Gasteiger partial charge < -0.3 is 0 Å². The molecule has 1 aliphatic carbocycles.